The van der Waals surface area contributed by atoms with Crippen molar-refractivity contribution in [3.8, 4) is 89.3 Å². The van der Waals surface area contributed by atoms with Gasteiger partial charge in [0.1, 0.15) is 0 Å². The number of aryl methyl sites for hydroxylation is 2. The van der Waals surface area contributed by atoms with Crippen LogP contribution < -0.4 is 5.46 Å². The van der Waals surface area contributed by atoms with Gasteiger partial charge in [0.25, 0.3) is 0 Å². The van der Waals surface area contributed by atoms with Gasteiger partial charge in [-0.2, -0.15) is 0 Å². The minimum absolute atomic E-state index is 0.488. The maximum atomic E-state index is 6.72. The summed E-state index contributed by atoms with van der Waals surface area (Å²) < 4.78 is 13.4. The van der Waals surface area contributed by atoms with Crippen LogP contribution in [0.25, 0.3) is 89.3 Å². The van der Waals surface area contributed by atoms with Gasteiger partial charge in [-0.25, -0.2) is 0 Å². The molecule has 0 bridgehead atoms. The van der Waals surface area contributed by atoms with Gasteiger partial charge in [-0.05, 0) is 132 Å². The number of nitrogens with zero attached hydrogens (tertiary/aromatic N) is 2. The van der Waals surface area contributed by atoms with Crippen molar-refractivity contribution in [1.82, 2.24) is 9.97 Å². The summed E-state index contributed by atoms with van der Waals surface area (Å²) in [6.07, 6.45) is 3.98. The van der Waals surface area contributed by atoms with Crippen molar-refractivity contribution >= 4 is 12.6 Å². The molecular formula is C60H51BN2O2. The van der Waals surface area contributed by atoms with Gasteiger partial charge in [0.15, 0.2) is 0 Å². The zero-order valence-corrected chi connectivity index (χ0v) is 37.8. The van der Waals surface area contributed by atoms with E-state index < -0.39 is 18.3 Å². The summed E-state index contributed by atoms with van der Waals surface area (Å²) in [6, 6.07) is 67.0. The number of benzene rings is 7. The maximum absolute atomic E-state index is 6.72. The van der Waals surface area contributed by atoms with Crippen LogP contribution in [0, 0.1) is 13.8 Å². The molecule has 65 heavy (non-hydrogen) atoms. The van der Waals surface area contributed by atoms with E-state index in [2.05, 4.69) is 217 Å². The molecule has 0 aliphatic carbocycles. The fourth-order valence-electron chi connectivity index (χ4n) is 8.96. The fourth-order valence-corrected chi connectivity index (χ4v) is 8.96. The van der Waals surface area contributed by atoms with Gasteiger partial charge in [-0.15, -0.1) is 0 Å². The van der Waals surface area contributed by atoms with Gasteiger partial charge in [-0.1, -0.05) is 170 Å². The van der Waals surface area contributed by atoms with Crippen molar-refractivity contribution in [2.75, 3.05) is 0 Å². The molecule has 0 amide bonds. The molecule has 0 saturated carbocycles. The SMILES string of the molecule is Cc1cc(-c2ccc(-c3ccccc3-c3cc(B4OC(C)(C)C(C)(C)O4)cc(-c4ccccc4-c4ccc(-c5cc(C)c(-c6ccccc6)cn5)cc4)c3)cc2)ncc1-c1ccccc1. The Balaban J connectivity index is 1.01. The highest BCUT2D eigenvalue weighted by molar-refractivity contribution is 6.62. The van der Waals surface area contributed by atoms with E-state index in [1.807, 2.05) is 24.5 Å². The monoisotopic (exact) mass is 842 g/mol. The second-order valence-corrected chi connectivity index (χ2v) is 18.2. The Morgan fingerprint density at radius 1 is 0.338 bits per heavy atom. The quantitative estimate of drug-likeness (QED) is 0.136. The molecule has 9 aromatic rings. The largest absolute Gasteiger partial charge is 0.494 e. The van der Waals surface area contributed by atoms with Gasteiger partial charge in [0.05, 0.1) is 22.6 Å². The summed E-state index contributed by atoms with van der Waals surface area (Å²) in [7, 11) is -0.537. The second kappa shape index (κ2) is 17.1. The third kappa shape index (κ3) is 8.26. The predicted molar refractivity (Wildman–Crippen MR) is 271 cm³/mol. The van der Waals surface area contributed by atoms with Gasteiger partial charge < -0.3 is 9.31 Å². The van der Waals surface area contributed by atoms with E-state index in [4.69, 9.17) is 19.3 Å². The number of pyridine rings is 2. The standard InChI is InChI=1S/C60H51BN2O2/c1-40-33-57(62-38-55(40)42-17-9-7-10-18-42)46-29-25-44(26-30-46)51-21-13-15-23-53(51)48-35-49(37-50(36-48)61-64-59(3,4)60(5,6)65-61)54-24-16-14-22-52(54)45-27-31-47(32-28-45)58-34-41(2)56(39-63-58)43-19-11-8-12-20-43/h7-39H,1-6H3. The minimum atomic E-state index is -0.537. The first-order valence-corrected chi connectivity index (χ1v) is 22.5. The molecule has 10 rings (SSSR count). The molecule has 2 aromatic heterocycles. The zero-order valence-electron chi connectivity index (χ0n) is 37.8. The van der Waals surface area contributed by atoms with Crippen LogP contribution in [0.3, 0.4) is 0 Å². The Morgan fingerprint density at radius 3 is 1.03 bits per heavy atom. The molecule has 0 atom stereocenters. The number of aromatic nitrogens is 2. The van der Waals surface area contributed by atoms with Crippen molar-refractivity contribution in [1.29, 1.82) is 0 Å². The number of rotatable bonds is 9. The first-order valence-electron chi connectivity index (χ1n) is 22.5. The molecule has 5 heteroatoms. The summed E-state index contributed by atoms with van der Waals surface area (Å²) in [5.74, 6) is 0. The molecule has 0 spiro atoms. The Labute approximate surface area is 383 Å². The van der Waals surface area contributed by atoms with Crippen LogP contribution in [-0.2, 0) is 9.31 Å². The molecule has 0 unspecified atom stereocenters. The highest BCUT2D eigenvalue weighted by Crippen LogP contribution is 2.41. The zero-order chi connectivity index (χ0) is 44.7. The third-order valence-electron chi connectivity index (χ3n) is 13.3. The van der Waals surface area contributed by atoms with E-state index in [0.29, 0.717) is 0 Å². The summed E-state index contributed by atoms with van der Waals surface area (Å²) in [5, 5.41) is 0. The van der Waals surface area contributed by atoms with Crippen LogP contribution in [0.1, 0.15) is 38.8 Å². The summed E-state index contributed by atoms with van der Waals surface area (Å²) in [4.78, 5) is 9.79. The molecule has 1 fully saturated rings. The number of hydrogen-bond donors (Lipinski definition) is 0. The third-order valence-corrected chi connectivity index (χ3v) is 13.3. The summed E-state index contributed by atoms with van der Waals surface area (Å²) in [5.41, 5.74) is 20.1. The average Bonchev–Trinajstić information content (AvgIpc) is 3.57. The van der Waals surface area contributed by atoms with Crippen molar-refractivity contribution in [3.63, 3.8) is 0 Å². The predicted octanol–water partition coefficient (Wildman–Crippen LogP) is 14.7. The second-order valence-electron chi connectivity index (χ2n) is 18.2. The molecule has 7 aromatic carbocycles. The highest BCUT2D eigenvalue weighted by atomic mass is 16.7. The van der Waals surface area contributed by atoms with E-state index >= 15 is 0 Å². The summed E-state index contributed by atoms with van der Waals surface area (Å²) in [6.45, 7) is 12.8. The molecule has 0 N–H and O–H groups in total. The topological polar surface area (TPSA) is 44.2 Å². The molecule has 3 heterocycles. The Morgan fingerprint density at radius 2 is 0.662 bits per heavy atom. The van der Waals surface area contributed by atoms with Crippen LogP contribution in [0.4, 0.5) is 0 Å². The van der Waals surface area contributed by atoms with Crippen molar-refractivity contribution in [2.24, 2.45) is 0 Å². The van der Waals surface area contributed by atoms with Crippen LogP contribution in [0.5, 0.6) is 0 Å². The average molecular weight is 843 g/mol. The van der Waals surface area contributed by atoms with E-state index in [0.717, 1.165) is 83.6 Å². The smallest absolute Gasteiger partial charge is 0.399 e. The van der Waals surface area contributed by atoms with E-state index in [1.54, 1.807) is 0 Å². The Kier molecular flexibility index (Phi) is 11.0. The molecule has 1 aliphatic rings. The normalized spacial score (nSPS) is 14.1. The van der Waals surface area contributed by atoms with Crippen LogP contribution in [0.15, 0.2) is 200 Å². The van der Waals surface area contributed by atoms with E-state index in [1.165, 1.54) is 22.3 Å². The fraction of sp³-hybridized carbons (Fsp3) is 0.133. The molecular weight excluding hydrogens is 791 g/mol. The molecule has 0 radical (unpaired) electrons. The van der Waals surface area contributed by atoms with Crippen molar-refractivity contribution < 1.29 is 9.31 Å². The Bertz CT molecular complexity index is 2950. The van der Waals surface area contributed by atoms with Crippen LogP contribution >= 0.6 is 0 Å². The first kappa shape index (κ1) is 41.8. The van der Waals surface area contributed by atoms with Gasteiger partial charge in [0, 0.05) is 34.6 Å². The number of hydrogen-bond acceptors (Lipinski definition) is 4. The molecule has 1 saturated heterocycles. The van der Waals surface area contributed by atoms with Gasteiger partial charge in [0.2, 0.25) is 0 Å². The lowest BCUT2D eigenvalue weighted by Crippen LogP contribution is -2.41. The van der Waals surface area contributed by atoms with Crippen molar-refractivity contribution in [2.45, 2.75) is 52.7 Å². The highest BCUT2D eigenvalue weighted by Gasteiger charge is 2.51. The molecule has 4 nitrogen and oxygen atoms in total. The summed E-state index contributed by atoms with van der Waals surface area (Å²) >= 11 is 0. The van der Waals surface area contributed by atoms with Gasteiger partial charge >= 0.3 is 7.12 Å². The first-order chi connectivity index (χ1) is 31.5. The molecule has 316 valence electrons. The lowest BCUT2D eigenvalue weighted by Gasteiger charge is -2.32. The lowest BCUT2D eigenvalue weighted by atomic mass is 9.75. The van der Waals surface area contributed by atoms with Crippen LogP contribution in [-0.4, -0.2) is 28.3 Å². The van der Waals surface area contributed by atoms with Crippen LogP contribution in [0.2, 0.25) is 0 Å². The molecule has 1 aliphatic heterocycles. The van der Waals surface area contributed by atoms with Crippen molar-refractivity contribution in [3.05, 3.63) is 212 Å². The van der Waals surface area contributed by atoms with E-state index in [9.17, 15) is 0 Å². The minimum Gasteiger partial charge on any atom is -0.399 e. The van der Waals surface area contributed by atoms with E-state index in [-0.39, 0.29) is 0 Å². The van der Waals surface area contributed by atoms with Gasteiger partial charge in [-0.3, -0.25) is 9.97 Å². The Hall–Kier alpha value is -7.18. The lowest BCUT2D eigenvalue weighted by molar-refractivity contribution is 0.00578. The maximum Gasteiger partial charge on any atom is 0.494 e.